The molecule has 0 fully saturated rings. The maximum atomic E-state index is 13.3. The van der Waals surface area contributed by atoms with Gasteiger partial charge >= 0.3 is 0 Å². The molecule has 156 valence electrons. The topological polar surface area (TPSA) is 42.7 Å². The number of hydrogen-bond acceptors (Lipinski definition) is 4. The van der Waals surface area contributed by atoms with Crippen molar-refractivity contribution in [3.8, 4) is 29.0 Å². The van der Waals surface area contributed by atoms with Crippen LogP contribution in [0.25, 0.3) is 17.0 Å². The highest BCUT2D eigenvalue weighted by Gasteiger charge is 2.09. The van der Waals surface area contributed by atoms with Crippen molar-refractivity contribution in [3.63, 3.8) is 0 Å². The highest BCUT2D eigenvalue weighted by molar-refractivity contribution is 5.61. The van der Waals surface area contributed by atoms with E-state index in [-0.39, 0.29) is 5.82 Å². The summed E-state index contributed by atoms with van der Waals surface area (Å²) in [6.07, 6.45) is 2.87. The Bertz CT molecular complexity index is 1240. The molecule has 0 bridgehead atoms. The predicted molar refractivity (Wildman–Crippen MR) is 119 cm³/mol. The second-order valence-corrected chi connectivity index (χ2v) is 7.46. The van der Waals surface area contributed by atoms with E-state index in [0.29, 0.717) is 12.2 Å². The van der Waals surface area contributed by atoms with Crippen LogP contribution in [-0.2, 0) is 0 Å². The summed E-state index contributed by atoms with van der Waals surface area (Å²) >= 11 is 0. The van der Waals surface area contributed by atoms with Gasteiger partial charge in [-0.1, -0.05) is 17.9 Å². The second kappa shape index (κ2) is 9.41. The lowest BCUT2D eigenvalue weighted by molar-refractivity contribution is 0.281. The fraction of sp³-hybridized carbons (Fsp3) is 0.200. The summed E-state index contributed by atoms with van der Waals surface area (Å²) in [6.45, 7) is 1.67. The molecule has 2 aromatic heterocycles. The molecule has 0 spiro atoms. The summed E-state index contributed by atoms with van der Waals surface area (Å²) in [7, 11) is 4.10. The number of aromatic nitrogens is 3. The lowest BCUT2D eigenvalue weighted by Gasteiger charge is -2.10. The molecule has 0 aliphatic heterocycles. The minimum absolute atomic E-state index is 0.298. The van der Waals surface area contributed by atoms with Crippen molar-refractivity contribution in [2.75, 3.05) is 27.2 Å². The normalized spacial score (nSPS) is 10.8. The molecule has 0 aliphatic rings. The van der Waals surface area contributed by atoms with Gasteiger partial charge < -0.3 is 9.64 Å². The van der Waals surface area contributed by atoms with Crippen molar-refractivity contribution in [1.82, 2.24) is 19.5 Å². The summed E-state index contributed by atoms with van der Waals surface area (Å²) in [5.41, 5.74) is 3.09. The zero-order valence-corrected chi connectivity index (χ0v) is 17.5. The lowest BCUT2D eigenvalue weighted by Crippen LogP contribution is -2.15. The summed E-state index contributed by atoms with van der Waals surface area (Å²) in [5, 5.41) is 8.57. The Kier molecular flexibility index (Phi) is 6.25. The highest BCUT2D eigenvalue weighted by Crippen LogP contribution is 2.22. The molecule has 0 amide bonds. The molecule has 2 aromatic carbocycles. The smallest absolute Gasteiger partial charge is 0.168 e. The Hall–Kier alpha value is -3.69. The molecular formula is C25H23FN4O. The molecule has 0 N–H and O–H groups in total. The lowest BCUT2D eigenvalue weighted by atomic mass is 10.2. The number of rotatable bonds is 6. The Morgan fingerprint density at radius 1 is 0.968 bits per heavy atom. The summed E-state index contributed by atoms with van der Waals surface area (Å²) in [6, 6.07) is 17.8. The fourth-order valence-corrected chi connectivity index (χ4v) is 3.14. The number of hydrogen-bond donors (Lipinski definition) is 0. The average molecular weight is 414 g/mol. The standard InChI is InChI=1S/C25H23FN4O/c1-29(2)15-4-16-31-23-12-10-21(11-13-23)25-28-27-24-14-9-20(18-30(24)25)8-7-19-5-3-6-22(26)17-19/h3,5-6,9-14,17-18H,4,15-16H2,1-2H3. The number of ether oxygens (including phenoxy) is 1. The third kappa shape index (κ3) is 5.27. The third-order valence-electron chi connectivity index (χ3n) is 4.71. The molecular weight excluding hydrogens is 391 g/mol. The molecule has 0 radical (unpaired) electrons. The summed E-state index contributed by atoms with van der Waals surface area (Å²) in [5.74, 6) is 7.33. The van der Waals surface area contributed by atoms with E-state index in [1.54, 1.807) is 12.1 Å². The van der Waals surface area contributed by atoms with E-state index in [0.717, 1.165) is 41.3 Å². The van der Waals surface area contributed by atoms with Gasteiger partial charge in [-0.05, 0) is 75.1 Å². The molecule has 31 heavy (non-hydrogen) atoms. The Morgan fingerprint density at radius 2 is 1.77 bits per heavy atom. The van der Waals surface area contributed by atoms with Crippen LogP contribution in [0.3, 0.4) is 0 Å². The van der Waals surface area contributed by atoms with E-state index < -0.39 is 0 Å². The SMILES string of the molecule is CN(C)CCCOc1ccc(-c2nnc3ccc(C#Cc4cccc(F)c4)cn23)cc1. The van der Waals surface area contributed by atoms with Gasteiger partial charge in [0.2, 0.25) is 0 Å². The van der Waals surface area contributed by atoms with Gasteiger partial charge in [0.25, 0.3) is 0 Å². The van der Waals surface area contributed by atoms with Gasteiger partial charge in [-0.2, -0.15) is 0 Å². The van der Waals surface area contributed by atoms with E-state index >= 15 is 0 Å². The summed E-state index contributed by atoms with van der Waals surface area (Å²) < 4.78 is 21.1. The first-order chi connectivity index (χ1) is 15.1. The second-order valence-electron chi connectivity index (χ2n) is 7.46. The molecule has 4 rings (SSSR count). The van der Waals surface area contributed by atoms with E-state index in [4.69, 9.17) is 4.74 Å². The number of halogens is 1. The molecule has 0 aliphatic carbocycles. The maximum Gasteiger partial charge on any atom is 0.168 e. The summed E-state index contributed by atoms with van der Waals surface area (Å²) in [4.78, 5) is 2.14. The first kappa shape index (κ1) is 20.6. The van der Waals surface area contributed by atoms with Gasteiger partial charge in [0.1, 0.15) is 11.6 Å². The van der Waals surface area contributed by atoms with Crippen molar-refractivity contribution >= 4 is 5.65 Å². The van der Waals surface area contributed by atoms with Crippen LogP contribution in [0.15, 0.2) is 66.9 Å². The Labute approximate surface area is 181 Å². The van der Waals surface area contributed by atoms with Crippen LogP contribution >= 0.6 is 0 Å². The van der Waals surface area contributed by atoms with Crippen molar-refractivity contribution < 1.29 is 9.13 Å². The van der Waals surface area contributed by atoms with Gasteiger partial charge in [0, 0.05) is 29.4 Å². The Morgan fingerprint density at radius 3 is 2.55 bits per heavy atom. The molecule has 6 heteroatoms. The van der Waals surface area contributed by atoms with Crippen LogP contribution in [0, 0.1) is 17.7 Å². The first-order valence-electron chi connectivity index (χ1n) is 10.1. The first-order valence-corrected chi connectivity index (χ1v) is 10.1. The largest absolute Gasteiger partial charge is 0.494 e. The molecule has 0 saturated heterocycles. The van der Waals surface area contributed by atoms with Gasteiger partial charge in [0.15, 0.2) is 11.5 Å². The fourth-order valence-electron chi connectivity index (χ4n) is 3.14. The van der Waals surface area contributed by atoms with Crippen LogP contribution in [0.2, 0.25) is 0 Å². The number of benzene rings is 2. The minimum Gasteiger partial charge on any atom is -0.494 e. The van der Waals surface area contributed by atoms with E-state index in [9.17, 15) is 4.39 Å². The van der Waals surface area contributed by atoms with E-state index in [1.165, 1.54) is 12.1 Å². The molecule has 0 unspecified atom stereocenters. The van der Waals surface area contributed by atoms with Crippen LogP contribution < -0.4 is 4.74 Å². The van der Waals surface area contributed by atoms with Gasteiger partial charge in [-0.25, -0.2) is 4.39 Å². The molecule has 5 nitrogen and oxygen atoms in total. The molecule has 4 aromatic rings. The van der Waals surface area contributed by atoms with Crippen molar-refractivity contribution in [1.29, 1.82) is 0 Å². The van der Waals surface area contributed by atoms with E-state index in [2.05, 4.69) is 41.0 Å². The zero-order valence-electron chi connectivity index (χ0n) is 17.5. The zero-order chi connectivity index (χ0) is 21.6. The number of pyridine rings is 1. The maximum absolute atomic E-state index is 13.3. The van der Waals surface area contributed by atoms with Crippen LogP contribution in [0.1, 0.15) is 17.5 Å². The van der Waals surface area contributed by atoms with Crippen molar-refractivity contribution in [2.45, 2.75) is 6.42 Å². The predicted octanol–water partition coefficient (Wildman–Crippen LogP) is 4.27. The third-order valence-corrected chi connectivity index (χ3v) is 4.71. The molecule has 2 heterocycles. The number of fused-ring (bicyclic) bond motifs is 1. The minimum atomic E-state index is -0.298. The monoisotopic (exact) mass is 414 g/mol. The molecule has 0 atom stereocenters. The molecule has 0 saturated carbocycles. The van der Waals surface area contributed by atoms with Crippen LogP contribution in [0.5, 0.6) is 5.75 Å². The van der Waals surface area contributed by atoms with Crippen LogP contribution in [0.4, 0.5) is 4.39 Å². The van der Waals surface area contributed by atoms with Crippen LogP contribution in [-0.4, -0.2) is 46.7 Å². The quantitative estimate of drug-likeness (QED) is 0.349. The van der Waals surface area contributed by atoms with E-state index in [1.807, 2.05) is 47.0 Å². The van der Waals surface area contributed by atoms with Gasteiger partial charge in [-0.3, -0.25) is 4.40 Å². The highest BCUT2D eigenvalue weighted by atomic mass is 19.1. The van der Waals surface area contributed by atoms with Gasteiger partial charge in [0.05, 0.1) is 6.61 Å². The number of nitrogens with zero attached hydrogens (tertiary/aromatic N) is 4. The van der Waals surface area contributed by atoms with Gasteiger partial charge in [-0.15, -0.1) is 10.2 Å². The Balaban J connectivity index is 1.53. The van der Waals surface area contributed by atoms with Crippen molar-refractivity contribution in [3.05, 3.63) is 83.8 Å². The average Bonchev–Trinajstić information content (AvgIpc) is 3.19. The van der Waals surface area contributed by atoms with Crippen molar-refractivity contribution in [2.24, 2.45) is 0 Å².